The van der Waals surface area contributed by atoms with Gasteiger partial charge in [0.1, 0.15) is 5.75 Å². The van der Waals surface area contributed by atoms with Crippen LogP contribution in [0.5, 0.6) is 5.75 Å². The Kier molecular flexibility index (Phi) is 5.16. The molecule has 1 heterocycles. The fourth-order valence-corrected chi connectivity index (χ4v) is 2.33. The normalized spacial score (nSPS) is 14.7. The molecule has 21 heavy (non-hydrogen) atoms. The molecule has 1 aliphatic heterocycles. The minimum absolute atomic E-state index is 0.348. The Morgan fingerprint density at radius 3 is 2.62 bits per heavy atom. The summed E-state index contributed by atoms with van der Waals surface area (Å²) in [4.78, 5) is 27.4. The molecule has 1 aliphatic rings. The maximum Gasteiger partial charge on any atom is 0.312 e. The van der Waals surface area contributed by atoms with Gasteiger partial charge in [-0.3, -0.25) is 9.59 Å². The third kappa shape index (κ3) is 3.72. The molecule has 2 amide bonds. The van der Waals surface area contributed by atoms with Crippen molar-refractivity contribution >= 4 is 11.8 Å². The van der Waals surface area contributed by atoms with E-state index in [1.807, 2.05) is 24.3 Å². The molecular formula is C15H21N3O3. The second-order valence-corrected chi connectivity index (χ2v) is 5.02. The number of piperazine rings is 1. The van der Waals surface area contributed by atoms with Crippen molar-refractivity contribution in [3.63, 3.8) is 0 Å². The summed E-state index contributed by atoms with van der Waals surface area (Å²) in [5, 5.41) is 3.16. The molecule has 0 aliphatic carbocycles. The molecule has 1 N–H and O–H groups in total. The lowest BCUT2D eigenvalue weighted by atomic mass is 10.2. The van der Waals surface area contributed by atoms with Crippen molar-refractivity contribution in [2.75, 3.05) is 40.3 Å². The Balaban J connectivity index is 2.00. The highest BCUT2D eigenvalue weighted by molar-refractivity contribution is 6.34. The first-order chi connectivity index (χ1) is 10.1. The molecule has 1 aromatic carbocycles. The standard InChI is InChI=1S/C15H21N3O3/c1-17(11-12-5-3-4-6-13(12)21-2)14(19)15(20)18-9-7-16-8-10-18/h3-6,16H,7-11H2,1-2H3. The van der Waals surface area contributed by atoms with Gasteiger partial charge < -0.3 is 19.9 Å². The van der Waals surface area contributed by atoms with Crippen molar-refractivity contribution in [2.45, 2.75) is 6.54 Å². The maximum atomic E-state index is 12.2. The fraction of sp³-hybridized carbons (Fsp3) is 0.467. The first-order valence-corrected chi connectivity index (χ1v) is 7.00. The molecule has 0 aromatic heterocycles. The van der Waals surface area contributed by atoms with Crippen molar-refractivity contribution in [2.24, 2.45) is 0 Å². The summed E-state index contributed by atoms with van der Waals surface area (Å²) in [6, 6.07) is 7.48. The lowest BCUT2D eigenvalue weighted by Crippen LogP contribution is -2.51. The van der Waals surface area contributed by atoms with Gasteiger partial charge in [-0.25, -0.2) is 0 Å². The van der Waals surface area contributed by atoms with Crippen LogP contribution >= 0.6 is 0 Å². The number of ether oxygens (including phenoxy) is 1. The van der Waals surface area contributed by atoms with Gasteiger partial charge in [-0.2, -0.15) is 0 Å². The van der Waals surface area contributed by atoms with Crippen LogP contribution in [0.3, 0.4) is 0 Å². The van der Waals surface area contributed by atoms with Crippen molar-refractivity contribution in [3.05, 3.63) is 29.8 Å². The van der Waals surface area contributed by atoms with Crippen LogP contribution in [-0.4, -0.2) is 62.0 Å². The summed E-state index contributed by atoms with van der Waals surface area (Å²) in [6.07, 6.45) is 0. The highest BCUT2D eigenvalue weighted by Gasteiger charge is 2.26. The summed E-state index contributed by atoms with van der Waals surface area (Å²) in [5.41, 5.74) is 0.879. The Bertz CT molecular complexity index is 513. The summed E-state index contributed by atoms with van der Waals surface area (Å²) in [5.74, 6) is -0.205. The van der Waals surface area contributed by atoms with Crippen LogP contribution in [0, 0.1) is 0 Å². The summed E-state index contributed by atoms with van der Waals surface area (Å²) < 4.78 is 5.26. The number of likely N-dealkylation sites (N-methyl/N-ethyl adjacent to an activating group) is 1. The fourth-order valence-electron chi connectivity index (χ4n) is 2.33. The average Bonchev–Trinajstić information content (AvgIpc) is 2.54. The highest BCUT2D eigenvalue weighted by atomic mass is 16.5. The zero-order chi connectivity index (χ0) is 15.2. The second-order valence-electron chi connectivity index (χ2n) is 5.02. The van der Waals surface area contributed by atoms with E-state index in [0.717, 1.165) is 18.7 Å². The monoisotopic (exact) mass is 291 g/mol. The molecule has 2 rings (SSSR count). The lowest BCUT2D eigenvalue weighted by Gasteiger charge is -2.28. The minimum Gasteiger partial charge on any atom is -0.496 e. The predicted molar refractivity (Wildman–Crippen MR) is 78.9 cm³/mol. The number of hydrogen-bond donors (Lipinski definition) is 1. The smallest absolute Gasteiger partial charge is 0.312 e. The van der Waals surface area contributed by atoms with Crippen LogP contribution < -0.4 is 10.1 Å². The summed E-state index contributed by atoms with van der Waals surface area (Å²) in [7, 11) is 3.22. The Labute approximate surface area is 124 Å². The number of carbonyl (C=O) groups is 2. The Hall–Kier alpha value is -2.08. The zero-order valence-corrected chi connectivity index (χ0v) is 12.5. The summed E-state index contributed by atoms with van der Waals surface area (Å²) in [6.45, 7) is 2.96. The molecule has 1 aromatic rings. The van der Waals surface area contributed by atoms with Crippen molar-refractivity contribution in [3.8, 4) is 5.75 Å². The topological polar surface area (TPSA) is 61.9 Å². The molecule has 114 valence electrons. The van der Waals surface area contributed by atoms with Crippen molar-refractivity contribution < 1.29 is 14.3 Å². The number of benzene rings is 1. The number of nitrogens with one attached hydrogen (secondary N) is 1. The van der Waals surface area contributed by atoms with E-state index in [9.17, 15) is 9.59 Å². The van der Waals surface area contributed by atoms with Crippen LogP contribution in [0.25, 0.3) is 0 Å². The first-order valence-electron chi connectivity index (χ1n) is 7.00. The number of rotatable bonds is 3. The van der Waals surface area contributed by atoms with Crippen molar-refractivity contribution in [1.29, 1.82) is 0 Å². The molecule has 0 atom stereocenters. The largest absolute Gasteiger partial charge is 0.496 e. The van der Waals surface area contributed by atoms with Gasteiger partial charge in [-0.15, -0.1) is 0 Å². The molecular weight excluding hydrogens is 270 g/mol. The van der Waals surface area contributed by atoms with E-state index in [1.54, 1.807) is 19.1 Å². The van der Waals surface area contributed by atoms with E-state index in [0.29, 0.717) is 25.4 Å². The number of carbonyl (C=O) groups excluding carboxylic acids is 2. The first kappa shape index (κ1) is 15.3. The van der Waals surface area contributed by atoms with Crippen LogP contribution in [0.2, 0.25) is 0 Å². The lowest BCUT2D eigenvalue weighted by molar-refractivity contribution is -0.151. The van der Waals surface area contributed by atoms with Crippen LogP contribution in [0.15, 0.2) is 24.3 Å². The number of para-hydroxylation sites is 1. The molecule has 0 radical (unpaired) electrons. The zero-order valence-electron chi connectivity index (χ0n) is 12.5. The number of hydrogen-bond acceptors (Lipinski definition) is 4. The van der Waals surface area contributed by atoms with Crippen molar-refractivity contribution in [1.82, 2.24) is 15.1 Å². The van der Waals surface area contributed by atoms with E-state index in [1.165, 1.54) is 4.90 Å². The number of nitrogens with zero attached hydrogens (tertiary/aromatic N) is 2. The van der Waals surface area contributed by atoms with Gasteiger partial charge in [0.25, 0.3) is 0 Å². The average molecular weight is 291 g/mol. The van der Waals surface area contributed by atoms with Gasteiger partial charge in [-0.1, -0.05) is 18.2 Å². The quantitative estimate of drug-likeness (QED) is 0.802. The third-order valence-electron chi connectivity index (χ3n) is 3.53. The second kappa shape index (κ2) is 7.08. The molecule has 1 fully saturated rings. The van der Waals surface area contributed by atoms with Gasteiger partial charge in [0.05, 0.1) is 7.11 Å². The third-order valence-corrected chi connectivity index (χ3v) is 3.53. The van der Waals surface area contributed by atoms with E-state index in [-0.39, 0.29) is 0 Å². The van der Waals surface area contributed by atoms with E-state index in [4.69, 9.17) is 4.74 Å². The van der Waals surface area contributed by atoms with E-state index in [2.05, 4.69) is 5.32 Å². The van der Waals surface area contributed by atoms with Crippen LogP contribution in [0.4, 0.5) is 0 Å². The molecule has 6 nitrogen and oxygen atoms in total. The number of methoxy groups -OCH3 is 1. The summed E-state index contributed by atoms with van der Waals surface area (Å²) >= 11 is 0. The molecule has 0 unspecified atom stereocenters. The Morgan fingerprint density at radius 1 is 1.29 bits per heavy atom. The molecule has 6 heteroatoms. The van der Waals surface area contributed by atoms with Gasteiger partial charge in [-0.05, 0) is 6.07 Å². The van der Waals surface area contributed by atoms with E-state index >= 15 is 0 Å². The van der Waals surface area contributed by atoms with Gasteiger partial charge in [0.15, 0.2) is 0 Å². The minimum atomic E-state index is -0.484. The molecule has 0 spiro atoms. The molecule has 0 saturated carbocycles. The maximum absolute atomic E-state index is 12.2. The molecule has 1 saturated heterocycles. The van der Waals surface area contributed by atoms with Gasteiger partial charge in [0, 0.05) is 45.3 Å². The highest BCUT2D eigenvalue weighted by Crippen LogP contribution is 2.18. The predicted octanol–water partition coefficient (Wildman–Crippen LogP) is 0.0854. The van der Waals surface area contributed by atoms with Gasteiger partial charge in [0.2, 0.25) is 0 Å². The molecule has 0 bridgehead atoms. The van der Waals surface area contributed by atoms with Gasteiger partial charge >= 0.3 is 11.8 Å². The Morgan fingerprint density at radius 2 is 1.95 bits per heavy atom. The SMILES string of the molecule is COc1ccccc1CN(C)C(=O)C(=O)N1CCNCC1. The van der Waals surface area contributed by atoms with Crippen LogP contribution in [0.1, 0.15) is 5.56 Å². The number of amides is 2. The van der Waals surface area contributed by atoms with Crippen LogP contribution in [-0.2, 0) is 16.1 Å². The van der Waals surface area contributed by atoms with E-state index < -0.39 is 11.8 Å².